The van der Waals surface area contributed by atoms with Crippen molar-refractivity contribution in [1.29, 1.82) is 0 Å². The number of H-pyrrole nitrogens is 1. The predicted octanol–water partition coefficient (Wildman–Crippen LogP) is 3.46. The van der Waals surface area contributed by atoms with Gasteiger partial charge in [-0.15, -0.1) is 0 Å². The van der Waals surface area contributed by atoms with Gasteiger partial charge < -0.3 is 4.98 Å². The van der Waals surface area contributed by atoms with Crippen molar-refractivity contribution in [3.8, 4) is 0 Å². The van der Waals surface area contributed by atoms with Crippen LogP contribution in [0.15, 0.2) is 23.0 Å². The lowest BCUT2D eigenvalue weighted by atomic mass is 10.0. The molecule has 1 fully saturated rings. The van der Waals surface area contributed by atoms with Crippen LogP contribution in [0.4, 0.5) is 0 Å². The molecule has 0 radical (unpaired) electrons. The van der Waals surface area contributed by atoms with Crippen molar-refractivity contribution >= 4 is 22.6 Å². The lowest BCUT2D eigenvalue weighted by Crippen LogP contribution is -2.18. The Morgan fingerprint density at radius 1 is 1.30 bits per heavy atom. The number of nitrogens with one attached hydrogen (secondary N) is 1. The minimum Gasteiger partial charge on any atom is -0.309 e. The van der Waals surface area contributed by atoms with Gasteiger partial charge in [0.15, 0.2) is 0 Å². The molecule has 1 aliphatic rings. The molecular formula is C16H17IN2O. The fourth-order valence-electron chi connectivity index (χ4n) is 2.34. The van der Waals surface area contributed by atoms with Gasteiger partial charge in [0.25, 0.3) is 5.56 Å². The molecule has 3 nitrogen and oxygen atoms in total. The number of aryl methyl sites for hydroxylation is 2. The summed E-state index contributed by atoms with van der Waals surface area (Å²) in [5, 5.41) is 0. The summed E-state index contributed by atoms with van der Waals surface area (Å²) in [6.45, 7) is 4.22. The molecule has 1 aliphatic carbocycles. The molecule has 4 heteroatoms. The summed E-state index contributed by atoms with van der Waals surface area (Å²) in [5.74, 6) is 1.28. The van der Waals surface area contributed by atoms with Gasteiger partial charge in [-0.05, 0) is 66.0 Å². The zero-order valence-corrected chi connectivity index (χ0v) is 13.8. The largest absolute Gasteiger partial charge is 0.309 e. The van der Waals surface area contributed by atoms with Gasteiger partial charge in [0.1, 0.15) is 5.82 Å². The van der Waals surface area contributed by atoms with E-state index in [0.717, 1.165) is 27.9 Å². The molecule has 1 saturated carbocycles. The van der Waals surface area contributed by atoms with Crippen molar-refractivity contribution in [1.82, 2.24) is 9.97 Å². The first kappa shape index (κ1) is 13.8. The molecular weight excluding hydrogens is 363 g/mol. The molecule has 0 bridgehead atoms. The number of rotatable bonds is 3. The summed E-state index contributed by atoms with van der Waals surface area (Å²) in [6, 6.07) is 6.40. The van der Waals surface area contributed by atoms with Crippen LogP contribution >= 0.6 is 22.6 Å². The number of benzene rings is 1. The first-order valence-corrected chi connectivity index (χ1v) is 7.97. The standard InChI is InChI=1S/C16H17IN2O/c1-9-3-4-11(7-10(9)2)8-13-18-15(12-5-6-12)14(17)16(20)19-13/h3-4,7,12H,5-6,8H2,1-2H3,(H,18,19,20). The SMILES string of the molecule is Cc1ccc(Cc2nc(C3CC3)c(I)c(=O)[nH]2)cc1C. The average molecular weight is 380 g/mol. The minimum absolute atomic E-state index is 0.00123. The summed E-state index contributed by atoms with van der Waals surface area (Å²) in [4.78, 5) is 19.6. The van der Waals surface area contributed by atoms with E-state index >= 15 is 0 Å². The molecule has 1 N–H and O–H groups in total. The van der Waals surface area contributed by atoms with E-state index in [9.17, 15) is 4.79 Å². The molecule has 1 aromatic carbocycles. The van der Waals surface area contributed by atoms with Crippen molar-refractivity contribution in [2.24, 2.45) is 0 Å². The fourth-order valence-corrected chi connectivity index (χ4v) is 3.04. The highest BCUT2D eigenvalue weighted by Gasteiger charge is 2.28. The summed E-state index contributed by atoms with van der Waals surface area (Å²) in [5.41, 5.74) is 4.75. The Morgan fingerprint density at radius 3 is 2.70 bits per heavy atom. The normalized spacial score (nSPS) is 14.6. The smallest absolute Gasteiger partial charge is 0.264 e. The van der Waals surface area contributed by atoms with E-state index in [4.69, 9.17) is 0 Å². The zero-order valence-electron chi connectivity index (χ0n) is 11.7. The van der Waals surface area contributed by atoms with E-state index in [2.05, 4.69) is 64.6 Å². The number of halogens is 1. The Labute approximate surface area is 132 Å². The molecule has 20 heavy (non-hydrogen) atoms. The van der Waals surface area contributed by atoms with Gasteiger partial charge in [-0.2, -0.15) is 0 Å². The molecule has 0 amide bonds. The van der Waals surface area contributed by atoms with Crippen LogP contribution in [0.5, 0.6) is 0 Å². The second kappa shape index (κ2) is 5.31. The van der Waals surface area contributed by atoms with Crippen molar-refractivity contribution in [3.05, 3.63) is 60.3 Å². The summed E-state index contributed by atoms with van der Waals surface area (Å²) >= 11 is 2.11. The van der Waals surface area contributed by atoms with Gasteiger partial charge >= 0.3 is 0 Å². The van der Waals surface area contributed by atoms with Crippen molar-refractivity contribution in [2.75, 3.05) is 0 Å². The van der Waals surface area contributed by atoms with Crippen LogP contribution in [0.25, 0.3) is 0 Å². The van der Waals surface area contributed by atoms with Crippen LogP contribution < -0.4 is 5.56 Å². The quantitative estimate of drug-likeness (QED) is 0.830. The molecule has 0 unspecified atom stereocenters. The summed E-state index contributed by atoms with van der Waals surface area (Å²) in [7, 11) is 0. The van der Waals surface area contributed by atoms with Crippen LogP contribution in [0, 0.1) is 17.4 Å². The van der Waals surface area contributed by atoms with Gasteiger partial charge in [0.2, 0.25) is 0 Å². The van der Waals surface area contributed by atoms with Crippen LogP contribution in [0.2, 0.25) is 0 Å². The maximum atomic E-state index is 12.0. The minimum atomic E-state index is 0.00123. The second-order valence-corrected chi connectivity index (χ2v) is 6.66. The number of hydrogen-bond acceptors (Lipinski definition) is 2. The Balaban J connectivity index is 1.94. The molecule has 0 spiro atoms. The summed E-state index contributed by atoms with van der Waals surface area (Å²) in [6.07, 6.45) is 3.01. The van der Waals surface area contributed by atoms with E-state index in [0.29, 0.717) is 12.3 Å². The monoisotopic (exact) mass is 380 g/mol. The van der Waals surface area contributed by atoms with Crippen LogP contribution in [0.1, 0.15) is 47.0 Å². The maximum absolute atomic E-state index is 12.0. The van der Waals surface area contributed by atoms with Crippen LogP contribution in [-0.2, 0) is 6.42 Å². The Bertz CT molecular complexity index is 717. The predicted molar refractivity (Wildman–Crippen MR) is 88.3 cm³/mol. The van der Waals surface area contributed by atoms with E-state index < -0.39 is 0 Å². The Morgan fingerprint density at radius 2 is 2.05 bits per heavy atom. The van der Waals surface area contributed by atoms with E-state index in [1.54, 1.807) is 0 Å². The third kappa shape index (κ3) is 2.80. The first-order valence-electron chi connectivity index (χ1n) is 6.89. The second-order valence-electron chi connectivity index (χ2n) is 5.58. The first-order chi connectivity index (χ1) is 9.54. The average Bonchev–Trinajstić information content (AvgIpc) is 3.22. The number of hydrogen-bond donors (Lipinski definition) is 1. The summed E-state index contributed by atoms with van der Waals surface area (Å²) < 4.78 is 0.758. The highest BCUT2D eigenvalue weighted by Crippen LogP contribution is 2.40. The molecule has 3 rings (SSSR count). The van der Waals surface area contributed by atoms with Crippen molar-refractivity contribution in [2.45, 2.75) is 39.0 Å². The van der Waals surface area contributed by atoms with E-state index in [1.807, 2.05) is 0 Å². The number of aromatic amines is 1. The van der Waals surface area contributed by atoms with Gasteiger partial charge in [-0.25, -0.2) is 4.98 Å². The molecule has 0 aliphatic heterocycles. The third-order valence-corrected chi connectivity index (χ3v) is 4.89. The highest BCUT2D eigenvalue weighted by molar-refractivity contribution is 14.1. The van der Waals surface area contributed by atoms with Gasteiger partial charge in [-0.3, -0.25) is 4.79 Å². The molecule has 0 atom stereocenters. The van der Waals surface area contributed by atoms with Crippen LogP contribution in [-0.4, -0.2) is 9.97 Å². The topological polar surface area (TPSA) is 45.8 Å². The molecule has 1 aromatic heterocycles. The van der Waals surface area contributed by atoms with Crippen molar-refractivity contribution in [3.63, 3.8) is 0 Å². The Hall–Kier alpha value is -1.17. The molecule has 2 aromatic rings. The van der Waals surface area contributed by atoms with Gasteiger partial charge in [-0.1, -0.05) is 18.2 Å². The molecule has 104 valence electrons. The zero-order chi connectivity index (χ0) is 14.3. The van der Waals surface area contributed by atoms with Gasteiger partial charge in [0.05, 0.1) is 9.26 Å². The van der Waals surface area contributed by atoms with E-state index in [1.165, 1.54) is 16.7 Å². The molecule has 1 heterocycles. The third-order valence-electron chi connectivity index (χ3n) is 3.84. The van der Waals surface area contributed by atoms with Crippen LogP contribution in [0.3, 0.4) is 0 Å². The molecule has 0 saturated heterocycles. The highest BCUT2D eigenvalue weighted by atomic mass is 127. The van der Waals surface area contributed by atoms with E-state index in [-0.39, 0.29) is 5.56 Å². The lowest BCUT2D eigenvalue weighted by molar-refractivity contribution is 0.869. The Kier molecular flexibility index (Phi) is 3.67. The maximum Gasteiger partial charge on any atom is 0.264 e. The van der Waals surface area contributed by atoms with Gasteiger partial charge in [0, 0.05) is 12.3 Å². The lowest BCUT2D eigenvalue weighted by Gasteiger charge is -2.07. The van der Waals surface area contributed by atoms with Crippen molar-refractivity contribution < 1.29 is 0 Å². The fraction of sp³-hybridized carbons (Fsp3) is 0.375. The number of nitrogens with zero attached hydrogens (tertiary/aromatic N) is 1. The number of aromatic nitrogens is 2.